The molecule has 1 aromatic heterocycles. The van der Waals surface area contributed by atoms with Gasteiger partial charge >= 0.3 is 5.97 Å². The maximum Gasteiger partial charge on any atom is 0.367 e. The van der Waals surface area contributed by atoms with Crippen molar-refractivity contribution in [2.75, 3.05) is 6.61 Å². The Bertz CT molecular complexity index is 525. The van der Waals surface area contributed by atoms with Gasteiger partial charge in [0.2, 0.25) is 5.01 Å². The van der Waals surface area contributed by atoms with Crippen molar-refractivity contribution >= 4 is 33.2 Å². The van der Waals surface area contributed by atoms with Crippen LogP contribution < -0.4 is 0 Å². The molecular formula is C12H10BrNO2S. The quantitative estimate of drug-likeness (QED) is 0.810. The third-order valence-corrected chi connectivity index (χ3v) is 3.77. The summed E-state index contributed by atoms with van der Waals surface area (Å²) in [4.78, 5) is 15.8. The van der Waals surface area contributed by atoms with Crippen LogP contribution in [-0.4, -0.2) is 17.6 Å². The molecule has 0 radical (unpaired) electrons. The molecule has 3 nitrogen and oxygen atoms in total. The standard InChI is InChI=1S/C12H10BrNO2S/c1-2-16-12(15)11-14-9(10(13)17-11)8-6-4-3-5-7-8/h3-7H,2H2,1H3. The van der Waals surface area contributed by atoms with Crippen molar-refractivity contribution < 1.29 is 9.53 Å². The van der Waals surface area contributed by atoms with E-state index in [0.717, 1.165) is 15.0 Å². The monoisotopic (exact) mass is 311 g/mol. The van der Waals surface area contributed by atoms with E-state index in [1.807, 2.05) is 30.3 Å². The number of esters is 1. The number of halogens is 1. The second-order valence-electron chi connectivity index (χ2n) is 3.23. The Kier molecular flexibility index (Phi) is 3.91. The fourth-order valence-corrected chi connectivity index (χ4v) is 2.84. The van der Waals surface area contributed by atoms with Crippen LogP contribution >= 0.6 is 27.3 Å². The van der Waals surface area contributed by atoms with E-state index in [1.165, 1.54) is 11.3 Å². The molecule has 0 aliphatic heterocycles. The third-order valence-electron chi connectivity index (χ3n) is 2.08. The lowest BCUT2D eigenvalue weighted by molar-refractivity contribution is 0.0526. The van der Waals surface area contributed by atoms with E-state index in [1.54, 1.807) is 6.92 Å². The molecule has 88 valence electrons. The zero-order chi connectivity index (χ0) is 12.3. The lowest BCUT2D eigenvalue weighted by Crippen LogP contribution is -2.03. The first kappa shape index (κ1) is 12.3. The van der Waals surface area contributed by atoms with Gasteiger partial charge < -0.3 is 4.74 Å². The summed E-state index contributed by atoms with van der Waals surface area (Å²) < 4.78 is 5.76. The van der Waals surface area contributed by atoms with Crippen LogP contribution in [0.4, 0.5) is 0 Å². The second kappa shape index (κ2) is 5.42. The molecule has 0 aliphatic rings. The fraction of sp³-hybridized carbons (Fsp3) is 0.167. The molecule has 1 heterocycles. The molecule has 0 bridgehead atoms. The van der Waals surface area contributed by atoms with Gasteiger partial charge in [0, 0.05) is 5.56 Å². The molecule has 0 fully saturated rings. The highest BCUT2D eigenvalue weighted by atomic mass is 79.9. The number of thiazole rings is 1. The first-order valence-electron chi connectivity index (χ1n) is 5.11. The number of benzene rings is 1. The number of aromatic nitrogens is 1. The number of nitrogens with zero attached hydrogens (tertiary/aromatic N) is 1. The van der Waals surface area contributed by atoms with E-state index in [0.29, 0.717) is 11.6 Å². The predicted molar refractivity (Wildman–Crippen MR) is 71.2 cm³/mol. The fourth-order valence-electron chi connectivity index (χ4n) is 1.36. The van der Waals surface area contributed by atoms with Crippen LogP contribution in [-0.2, 0) is 4.74 Å². The van der Waals surface area contributed by atoms with Gasteiger partial charge in [-0.05, 0) is 22.9 Å². The lowest BCUT2D eigenvalue weighted by Gasteiger charge is -1.97. The largest absolute Gasteiger partial charge is 0.461 e. The van der Waals surface area contributed by atoms with Crippen molar-refractivity contribution in [1.29, 1.82) is 0 Å². The summed E-state index contributed by atoms with van der Waals surface area (Å²) in [5, 5.41) is 0.373. The van der Waals surface area contributed by atoms with Crippen LogP contribution in [0.3, 0.4) is 0 Å². The molecule has 0 amide bonds. The summed E-state index contributed by atoms with van der Waals surface area (Å²) >= 11 is 4.71. The van der Waals surface area contributed by atoms with Gasteiger partial charge in [-0.3, -0.25) is 0 Å². The first-order chi connectivity index (χ1) is 8.22. The first-order valence-corrected chi connectivity index (χ1v) is 6.72. The minimum atomic E-state index is -0.375. The SMILES string of the molecule is CCOC(=O)c1nc(-c2ccccc2)c(Br)s1. The van der Waals surface area contributed by atoms with Crippen molar-refractivity contribution in [3.63, 3.8) is 0 Å². The molecule has 0 unspecified atom stereocenters. The van der Waals surface area contributed by atoms with Gasteiger partial charge in [-0.2, -0.15) is 0 Å². The molecule has 1 aromatic carbocycles. The maximum atomic E-state index is 11.5. The van der Waals surface area contributed by atoms with Gasteiger partial charge in [0.1, 0.15) is 0 Å². The Morgan fingerprint density at radius 3 is 2.76 bits per heavy atom. The number of carbonyl (C=O) groups excluding carboxylic acids is 1. The van der Waals surface area contributed by atoms with Gasteiger partial charge in [-0.15, -0.1) is 0 Å². The molecule has 0 saturated heterocycles. The summed E-state index contributed by atoms with van der Waals surface area (Å²) in [6.45, 7) is 2.13. The van der Waals surface area contributed by atoms with E-state index >= 15 is 0 Å². The molecule has 0 saturated carbocycles. The highest BCUT2D eigenvalue weighted by molar-refractivity contribution is 9.11. The van der Waals surface area contributed by atoms with E-state index in [-0.39, 0.29) is 5.97 Å². The van der Waals surface area contributed by atoms with Gasteiger partial charge in [0.15, 0.2) is 0 Å². The molecule has 0 N–H and O–H groups in total. The predicted octanol–water partition coefficient (Wildman–Crippen LogP) is 3.75. The zero-order valence-corrected chi connectivity index (χ0v) is 11.5. The van der Waals surface area contributed by atoms with Gasteiger partial charge in [0.25, 0.3) is 0 Å². The molecule has 5 heteroatoms. The van der Waals surface area contributed by atoms with Crippen molar-refractivity contribution in [2.24, 2.45) is 0 Å². The lowest BCUT2D eigenvalue weighted by atomic mass is 10.2. The zero-order valence-electron chi connectivity index (χ0n) is 9.14. The smallest absolute Gasteiger partial charge is 0.367 e. The number of rotatable bonds is 3. The van der Waals surface area contributed by atoms with Gasteiger partial charge in [-0.1, -0.05) is 41.7 Å². The number of ether oxygens (including phenoxy) is 1. The van der Waals surface area contributed by atoms with Gasteiger partial charge in [-0.25, -0.2) is 9.78 Å². The van der Waals surface area contributed by atoms with Gasteiger partial charge in [0.05, 0.1) is 16.1 Å². The average Bonchev–Trinajstić information content (AvgIpc) is 2.73. The third kappa shape index (κ3) is 2.73. The van der Waals surface area contributed by atoms with Crippen LogP contribution in [0.1, 0.15) is 16.7 Å². The summed E-state index contributed by atoms with van der Waals surface area (Å²) in [6.07, 6.45) is 0. The minimum Gasteiger partial charge on any atom is -0.461 e. The molecular weight excluding hydrogens is 302 g/mol. The molecule has 2 rings (SSSR count). The molecule has 17 heavy (non-hydrogen) atoms. The van der Waals surface area contributed by atoms with Crippen LogP contribution in [0.2, 0.25) is 0 Å². The Morgan fingerprint density at radius 1 is 1.41 bits per heavy atom. The molecule has 0 spiro atoms. The number of carbonyl (C=O) groups is 1. The topological polar surface area (TPSA) is 39.2 Å². The Morgan fingerprint density at radius 2 is 2.12 bits per heavy atom. The van der Waals surface area contributed by atoms with Crippen molar-refractivity contribution in [3.05, 3.63) is 39.1 Å². The van der Waals surface area contributed by atoms with Crippen LogP contribution in [0.15, 0.2) is 34.1 Å². The number of hydrogen-bond acceptors (Lipinski definition) is 4. The summed E-state index contributed by atoms with van der Waals surface area (Å²) in [7, 11) is 0. The molecule has 0 aliphatic carbocycles. The summed E-state index contributed by atoms with van der Waals surface area (Å²) in [5.74, 6) is -0.375. The highest BCUT2D eigenvalue weighted by Gasteiger charge is 2.16. The van der Waals surface area contributed by atoms with Crippen LogP contribution in [0.5, 0.6) is 0 Å². The van der Waals surface area contributed by atoms with Crippen molar-refractivity contribution in [3.8, 4) is 11.3 Å². The van der Waals surface area contributed by atoms with Crippen LogP contribution in [0, 0.1) is 0 Å². The minimum absolute atomic E-state index is 0.358. The van der Waals surface area contributed by atoms with E-state index in [4.69, 9.17) is 4.74 Å². The highest BCUT2D eigenvalue weighted by Crippen LogP contribution is 2.33. The maximum absolute atomic E-state index is 11.5. The second-order valence-corrected chi connectivity index (χ2v) is 5.54. The average molecular weight is 312 g/mol. The normalized spacial score (nSPS) is 10.2. The van der Waals surface area contributed by atoms with Crippen LogP contribution in [0.25, 0.3) is 11.3 Å². The Labute approximate surface area is 112 Å². The molecule has 0 atom stereocenters. The van der Waals surface area contributed by atoms with Crippen molar-refractivity contribution in [2.45, 2.75) is 6.92 Å². The van der Waals surface area contributed by atoms with E-state index in [9.17, 15) is 4.79 Å². The number of hydrogen-bond donors (Lipinski definition) is 0. The summed E-state index contributed by atoms with van der Waals surface area (Å²) in [5.41, 5.74) is 1.75. The molecule has 2 aromatic rings. The Balaban J connectivity index is 2.35. The van der Waals surface area contributed by atoms with E-state index < -0.39 is 0 Å². The Hall–Kier alpha value is -1.20. The van der Waals surface area contributed by atoms with E-state index in [2.05, 4.69) is 20.9 Å². The summed E-state index contributed by atoms with van der Waals surface area (Å²) in [6, 6.07) is 9.72. The van der Waals surface area contributed by atoms with Crippen molar-refractivity contribution in [1.82, 2.24) is 4.98 Å².